The Hall–Kier alpha value is -1.75. The SMILES string of the molecule is CC(C)(CN)C(=O)Nc1ccc2c(c1)OCCO2. The lowest BCUT2D eigenvalue weighted by molar-refractivity contribution is -0.123. The van der Waals surface area contributed by atoms with E-state index in [1.54, 1.807) is 32.0 Å². The second kappa shape index (κ2) is 4.86. The van der Waals surface area contributed by atoms with Crippen LogP contribution in [0.1, 0.15) is 13.8 Å². The van der Waals surface area contributed by atoms with E-state index in [0.29, 0.717) is 36.9 Å². The Morgan fingerprint density at radius 3 is 2.67 bits per heavy atom. The monoisotopic (exact) mass is 250 g/mol. The van der Waals surface area contributed by atoms with E-state index >= 15 is 0 Å². The molecule has 98 valence electrons. The molecule has 3 N–H and O–H groups in total. The van der Waals surface area contributed by atoms with Crippen LogP contribution in [-0.2, 0) is 4.79 Å². The van der Waals surface area contributed by atoms with Gasteiger partial charge in [0.1, 0.15) is 13.2 Å². The first-order valence-corrected chi connectivity index (χ1v) is 5.94. The van der Waals surface area contributed by atoms with Crippen molar-refractivity contribution in [2.45, 2.75) is 13.8 Å². The Morgan fingerprint density at radius 1 is 1.33 bits per heavy atom. The zero-order valence-corrected chi connectivity index (χ0v) is 10.7. The van der Waals surface area contributed by atoms with Crippen LogP contribution in [0.5, 0.6) is 11.5 Å². The minimum atomic E-state index is -0.590. The lowest BCUT2D eigenvalue weighted by Gasteiger charge is -2.22. The highest BCUT2D eigenvalue weighted by atomic mass is 16.6. The molecule has 0 saturated carbocycles. The smallest absolute Gasteiger partial charge is 0.231 e. The van der Waals surface area contributed by atoms with Crippen LogP contribution >= 0.6 is 0 Å². The van der Waals surface area contributed by atoms with E-state index in [-0.39, 0.29) is 5.91 Å². The molecule has 0 fully saturated rings. The van der Waals surface area contributed by atoms with E-state index in [4.69, 9.17) is 15.2 Å². The maximum absolute atomic E-state index is 12.0. The van der Waals surface area contributed by atoms with Gasteiger partial charge in [-0.1, -0.05) is 0 Å². The first-order chi connectivity index (χ1) is 8.53. The van der Waals surface area contributed by atoms with Crippen molar-refractivity contribution in [3.05, 3.63) is 18.2 Å². The molecule has 2 rings (SSSR count). The van der Waals surface area contributed by atoms with Gasteiger partial charge in [-0.25, -0.2) is 0 Å². The number of nitrogens with one attached hydrogen (secondary N) is 1. The van der Waals surface area contributed by atoms with Gasteiger partial charge < -0.3 is 20.5 Å². The number of nitrogens with two attached hydrogens (primary N) is 1. The summed E-state index contributed by atoms with van der Waals surface area (Å²) in [5, 5.41) is 2.83. The second-order valence-electron chi connectivity index (χ2n) is 4.90. The first-order valence-electron chi connectivity index (χ1n) is 5.94. The van der Waals surface area contributed by atoms with Crippen molar-refractivity contribution in [2.75, 3.05) is 25.1 Å². The largest absolute Gasteiger partial charge is 0.486 e. The van der Waals surface area contributed by atoms with Crippen molar-refractivity contribution in [2.24, 2.45) is 11.1 Å². The normalized spacial score (nSPS) is 14.2. The topological polar surface area (TPSA) is 73.6 Å². The molecule has 0 atom stereocenters. The van der Waals surface area contributed by atoms with E-state index in [1.807, 2.05) is 0 Å². The number of benzene rings is 1. The molecule has 0 unspecified atom stereocenters. The van der Waals surface area contributed by atoms with E-state index in [0.717, 1.165) is 0 Å². The molecule has 0 bridgehead atoms. The Balaban J connectivity index is 2.13. The lowest BCUT2D eigenvalue weighted by Crippen LogP contribution is -2.37. The van der Waals surface area contributed by atoms with Crippen LogP contribution < -0.4 is 20.5 Å². The predicted molar refractivity (Wildman–Crippen MR) is 68.9 cm³/mol. The maximum atomic E-state index is 12.0. The van der Waals surface area contributed by atoms with Crippen LogP contribution in [0, 0.1) is 5.41 Å². The highest BCUT2D eigenvalue weighted by Gasteiger charge is 2.26. The number of carbonyl (C=O) groups excluding carboxylic acids is 1. The Morgan fingerprint density at radius 2 is 2.00 bits per heavy atom. The van der Waals surface area contributed by atoms with Gasteiger partial charge in [-0.2, -0.15) is 0 Å². The fourth-order valence-electron chi connectivity index (χ4n) is 1.51. The van der Waals surface area contributed by atoms with E-state index in [1.165, 1.54) is 0 Å². The highest BCUT2D eigenvalue weighted by molar-refractivity contribution is 5.95. The van der Waals surface area contributed by atoms with E-state index in [9.17, 15) is 4.79 Å². The molecule has 1 amide bonds. The molecule has 1 aromatic carbocycles. The summed E-state index contributed by atoms with van der Waals surface area (Å²) >= 11 is 0. The molecule has 0 aromatic heterocycles. The summed E-state index contributed by atoms with van der Waals surface area (Å²) in [5.74, 6) is 1.25. The molecule has 1 aliphatic heterocycles. The molecular weight excluding hydrogens is 232 g/mol. The Bertz CT molecular complexity index is 458. The average molecular weight is 250 g/mol. The summed E-state index contributed by atoms with van der Waals surface area (Å²) in [6, 6.07) is 5.34. The maximum Gasteiger partial charge on any atom is 0.231 e. The van der Waals surface area contributed by atoms with Crippen LogP contribution in [0.3, 0.4) is 0 Å². The number of rotatable bonds is 3. The van der Waals surface area contributed by atoms with Crippen molar-refractivity contribution in [1.29, 1.82) is 0 Å². The molecule has 0 aliphatic carbocycles. The van der Waals surface area contributed by atoms with E-state index in [2.05, 4.69) is 5.32 Å². The Labute approximate surface area is 106 Å². The van der Waals surface area contributed by atoms with Crippen molar-refractivity contribution in [1.82, 2.24) is 0 Å². The van der Waals surface area contributed by atoms with Gasteiger partial charge in [-0.05, 0) is 26.0 Å². The molecule has 0 radical (unpaired) electrons. The quantitative estimate of drug-likeness (QED) is 0.850. The minimum absolute atomic E-state index is 0.110. The van der Waals surface area contributed by atoms with Crippen molar-refractivity contribution in [3.8, 4) is 11.5 Å². The number of ether oxygens (including phenoxy) is 2. The van der Waals surface area contributed by atoms with Gasteiger partial charge in [-0.15, -0.1) is 0 Å². The molecule has 5 nitrogen and oxygen atoms in total. The van der Waals surface area contributed by atoms with Crippen LogP contribution in [0.2, 0.25) is 0 Å². The molecular formula is C13H18N2O3. The fourth-order valence-corrected chi connectivity index (χ4v) is 1.51. The molecule has 5 heteroatoms. The number of amides is 1. The van der Waals surface area contributed by atoms with Crippen LogP contribution in [0.4, 0.5) is 5.69 Å². The van der Waals surface area contributed by atoms with Crippen LogP contribution in [0.15, 0.2) is 18.2 Å². The van der Waals surface area contributed by atoms with Gasteiger partial charge in [0.05, 0.1) is 5.41 Å². The zero-order chi connectivity index (χ0) is 13.2. The fraction of sp³-hybridized carbons (Fsp3) is 0.462. The van der Waals surface area contributed by atoms with Gasteiger partial charge in [0.15, 0.2) is 11.5 Å². The summed E-state index contributed by atoms with van der Waals surface area (Å²) in [7, 11) is 0. The number of fused-ring (bicyclic) bond motifs is 1. The number of hydrogen-bond donors (Lipinski definition) is 2. The van der Waals surface area contributed by atoms with Crippen LogP contribution in [-0.4, -0.2) is 25.7 Å². The van der Waals surface area contributed by atoms with Gasteiger partial charge in [0.25, 0.3) is 0 Å². The standard InChI is InChI=1S/C13H18N2O3/c1-13(2,8-14)12(16)15-9-3-4-10-11(7-9)18-6-5-17-10/h3-4,7H,5-6,8,14H2,1-2H3,(H,15,16). The third-order valence-corrected chi connectivity index (χ3v) is 2.93. The third kappa shape index (κ3) is 2.56. The molecule has 1 aromatic rings. The number of anilines is 1. The van der Waals surface area contributed by atoms with Gasteiger partial charge in [-0.3, -0.25) is 4.79 Å². The predicted octanol–water partition coefficient (Wildman–Crippen LogP) is 1.38. The number of carbonyl (C=O) groups is 1. The third-order valence-electron chi connectivity index (χ3n) is 2.93. The van der Waals surface area contributed by atoms with Crippen molar-refractivity contribution >= 4 is 11.6 Å². The minimum Gasteiger partial charge on any atom is -0.486 e. The summed E-state index contributed by atoms with van der Waals surface area (Å²) in [6.45, 7) is 4.99. The summed E-state index contributed by atoms with van der Waals surface area (Å²) < 4.78 is 10.9. The van der Waals surface area contributed by atoms with Crippen LogP contribution in [0.25, 0.3) is 0 Å². The van der Waals surface area contributed by atoms with Gasteiger partial charge in [0, 0.05) is 18.3 Å². The summed E-state index contributed by atoms with van der Waals surface area (Å²) in [5.41, 5.74) is 5.66. The average Bonchev–Trinajstić information content (AvgIpc) is 2.38. The molecule has 0 spiro atoms. The van der Waals surface area contributed by atoms with Crippen molar-refractivity contribution < 1.29 is 14.3 Å². The highest BCUT2D eigenvalue weighted by Crippen LogP contribution is 2.33. The molecule has 18 heavy (non-hydrogen) atoms. The Kier molecular flexibility index (Phi) is 3.43. The van der Waals surface area contributed by atoms with Gasteiger partial charge in [0.2, 0.25) is 5.91 Å². The molecule has 0 saturated heterocycles. The molecule has 1 heterocycles. The summed E-state index contributed by atoms with van der Waals surface area (Å²) in [4.78, 5) is 12.0. The second-order valence-corrected chi connectivity index (χ2v) is 4.90. The molecule has 1 aliphatic rings. The summed E-state index contributed by atoms with van der Waals surface area (Å²) in [6.07, 6.45) is 0. The zero-order valence-electron chi connectivity index (χ0n) is 10.7. The van der Waals surface area contributed by atoms with Crippen molar-refractivity contribution in [3.63, 3.8) is 0 Å². The van der Waals surface area contributed by atoms with Gasteiger partial charge >= 0.3 is 0 Å². The number of hydrogen-bond acceptors (Lipinski definition) is 4. The lowest BCUT2D eigenvalue weighted by atomic mass is 9.92. The first kappa shape index (κ1) is 12.7. The van der Waals surface area contributed by atoms with E-state index < -0.39 is 5.41 Å².